The molecular weight excluding hydrogens is 216 g/mol. The smallest absolute Gasteiger partial charge is 0.109 e. The summed E-state index contributed by atoms with van der Waals surface area (Å²) >= 11 is 3.51. The number of imidazole rings is 1. The van der Waals surface area contributed by atoms with Crippen molar-refractivity contribution in [3.8, 4) is 0 Å². The second kappa shape index (κ2) is 3.21. The Kier molecular flexibility index (Phi) is 2.22. The molecule has 0 N–H and O–H groups in total. The lowest BCUT2D eigenvalue weighted by Gasteiger charge is -2.15. The molecule has 0 spiro atoms. The van der Waals surface area contributed by atoms with Crippen molar-refractivity contribution in [2.24, 2.45) is 0 Å². The van der Waals surface area contributed by atoms with Crippen molar-refractivity contribution in [3.63, 3.8) is 0 Å². The Morgan fingerprint density at radius 1 is 1.50 bits per heavy atom. The van der Waals surface area contributed by atoms with E-state index < -0.39 is 0 Å². The van der Waals surface area contributed by atoms with Crippen molar-refractivity contribution < 1.29 is 0 Å². The van der Waals surface area contributed by atoms with Gasteiger partial charge < -0.3 is 4.57 Å². The highest BCUT2D eigenvalue weighted by Crippen LogP contribution is 2.20. The Labute approximate surface area is 81.1 Å². The van der Waals surface area contributed by atoms with Gasteiger partial charge in [0.25, 0.3) is 0 Å². The molecule has 2 rings (SSSR count). The maximum Gasteiger partial charge on any atom is 0.109 e. The van der Waals surface area contributed by atoms with Gasteiger partial charge in [-0.3, -0.25) is 0 Å². The highest BCUT2D eigenvalue weighted by atomic mass is 79.9. The second-order valence-corrected chi connectivity index (χ2v) is 3.86. The van der Waals surface area contributed by atoms with Crippen molar-refractivity contribution in [1.82, 2.24) is 9.55 Å². The normalized spacial score (nSPS) is 16.2. The number of hydrogen-bond acceptors (Lipinski definition) is 1. The van der Waals surface area contributed by atoms with Crippen LogP contribution in [-0.4, -0.2) is 9.55 Å². The lowest BCUT2D eigenvalue weighted by atomic mass is 10.2. The minimum atomic E-state index is 0.936. The molecular formula is C9H13BrN2. The van der Waals surface area contributed by atoms with E-state index in [4.69, 9.17) is 0 Å². The number of hydrogen-bond donors (Lipinski definition) is 0. The van der Waals surface area contributed by atoms with E-state index in [0.29, 0.717) is 0 Å². The van der Waals surface area contributed by atoms with Crippen LogP contribution in [0.25, 0.3) is 0 Å². The van der Waals surface area contributed by atoms with E-state index >= 15 is 0 Å². The minimum absolute atomic E-state index is 0.936. The Morgan fingerprint density at radius 2 is 2.33 bits per heavy atom. The summed E-state index contributed by atoms with van der Waals surface area (Å²) in [7, 11) is 0. The summed E-state index contributed by atoms with van der Waals surface area (Å²) < 4.78 is 2.37. The Bertz CT molecular complexity index is 291. The number of aryl methyl sites for hydroxylation is 2. The monoisotopic (exact) mass is 228 g/mol. The van der Waals surface area contributed by atoms with Crippen LogP contribution in [0, 0.1) is 6.92 Å². The number of fused-ring (bicyclic) bond motifs is 1. The van der Waals surface area contributed by atoms with Crippen LogP contribution < -0.4 is 0 Å². The number of halogens is 1. The highest BCUT2D eigenvalue weighted by Gasteiger charge is 2.15. The van der Waals surface area contributed by atoms with Crippen LogP contribution in [-0.2, 0) is 18.3 Å². The molecule has 0 aliphatic carbocycles. The fraction of sp³-hybridized carbons (Fsp3) is 0.667. The Balaban J connectivity index is 2.46. The van der Waals surface area contributed by atoms with Gasteiger partial charge in [0.15, 0.2) is 0 Å². The van der Waals surface area contributed by atoms with E-state index in [1.54, 1.807) is 0 Å². The highest BCUT2D eigenvalue weighted by molar-refractivity contribution is 9.08. The summed E-state index contributed by atoms with van der Waals surface area (Å²) in [5.41, 5.74) is 2.56. The number of alkyl halides is 1. The van der Waals surface area contributed by atoms with E-state index in [1.807, 2.05) is 0 Å². The average molecular weight is 229 g/mol. The summed E-state index contributed by atoms with van der Waals surface area (Å²) in [5, 5.41) is 0.936. The molecule has 0 aromatic carbocycles. The predicted octanol–water partition coefficient (Wildman–Crippen LogP) is 2.42. The lowest BCUT2D eigenvalue weighted by molar-refractivity contribution is 0.513. The Morgan fingerprint density at radius 3 is 3.08 bits per heavy atom. The number of nitrogens with zero attached hydrogens (tertiary/aromatic N) is 2. The fourth-order valence-corrected chi connectivity index (χ4v) is 2.55. The van der Waals surface area contributed by atoms with E-state index in [0.717, 1.165) is 18.3 Å². The molecule has 0 unspecified atom stereocenters. The first-order valence-corrected chi connectivity index (χ1v) is 5.56. The zero-order valence-electron chi connectivity index (χ0n) is 7.31. The van der Waals surface area contributed by atoms with Gasteiger partial charge in [0.1, 0.15) is 5.82 Å². The van der Waals surface area contributed by atoms with Crippen LogP contribution in [0.4, 0.5) is 0 Å². The van der Waals surface area contributed by atoms with Crippen LogP contribution in [0.15, 0.2) is 0 Å². The van der Waals surface area contributed by atoms with E-state index in [1.165, 1.54) is 30.1 Å². The van der Waals surface area contributed by atoms with Gasteiger partial charge in [-0.25, -0.2) is 4.98 Å². The van der Waals surface area contributed by atoms with Crippen molar-refractivity contribution >= 4 is 15.9 Å². The van der Waals surface area contributed by atoms with Gasteiger partial charge in [-0.1, -0.05) is 15.9 Å². The zero-order chi connectivity index (χ0) is 8.55. The largest absolute Gasteiger partial charge is 0.331 e. The van der Waals surface area contributed by atoms with E-state index in [2.05, 4.69) is 32.4 Å². The molecule has 3 heteroatoms. The molecule has 0 fully saturated rings. The molecule has 0 radical (unpaired) electrons. The molecule has 0 atom stereocenters. The number of aromatic nitrogens is 2. The molecule has 0 saturated carbocycles. The van der Waals surface area contributed by atoms with Gasteiger partial charge in [-0.05, 0) is 19.8 Å². The molecule has 0 saturated heterocycles. The van der Waals surface area contributed by atoms with Gasteiger partial charge in [-0.15, -0.1) is 0 Å². The quantitative estimate of drug-likeness (QED) is 0.676. The standard InChI is InChI=1S/C9H13BrN2/c1-7-8(6-10)12-5-3-2-4-9(12)11-7/h2-6H2,1H3. The first kappa shape index (κ1) is 8.30. The molecule has 66 valence electrons. The van der Waals surface area contributed by atoms with Gasteiger partial charge in [0.05, 0.1) is 11.4 Å². The van der Waals surface area contributed by atoms with Crippen LogP contribution in [0.1, 0.15) is 30.1 Å². The third kappa shape index (κ3) is 1.20. The molecule has 1 aliphatic rings. The topological polar surface area (TPSA) is 17.8 Å². The molecule has 1 aromatic heterocycles. The SMILES string of the molecule is Cc1nc2n(c1CBr)CCCC2. The summed E-state index contributed by atoms with van der Waals surface area (Å²) in [6.07, 6.45) is 3.77. The van der Waals surface area contributed by atoms with Crippen LogP contribution in [0.3, 0.4) is 0 Å². The van der Waals surface area contributed by atoms with Gasteiger partial charge in [0.2, 0.25) is 0 Å². The molecule has 0 amide bonds. The Hall–Kier alpha value is -0.310. The summed E-state index contributed by atoms with van der Waals surface area (Å²) in [5.74, 6) is 1.29. The maximum atomic E-state index is 4.55. The lowest BCUT2D eigenvalue weighted by Crippen LogP contribution is -2.12. The average Bonchev–Trinajstić information content (AvgIpc) is 2.40. The van der Waals surface area contributed by atoms with Crippen LogP contribution in [0.2, 0.25) is 0 Å². The third-order valence-corrected chi connectivity index (χ3v) is 3.04. The molecule has 1 aliphatic heterocycles. The van der Waals surface area contributed by atoms with Crippen LogP contribution >= 0.6 is 15.9 Å². The van der Waals surface area contributed by atoms with Crippen molar-refractivity contribution in [3.05, 3.63) is 17.2 Å². The third-order valence-electron chi connectivity index (χ3n) is 2.51. The molecule has 0 bridgehead atoms. The molecule has 1 aromatic rings. The van der Waals surface area contributed by atoms with Crippen molar-refractivity contribution in [2.75, 3.05) is 0 Å². The van der Waals surface area contributed by atoms with Gasteiger partial charge in [0, 0.05) is 18.3 Å². The minimum Gasteiger partial charge on any atom is -0.331 e. The fourth-order valence-electron chi connectivity index (χ4n) is 1.85. The predicted molar refractivity (Wildman–Crippen MR) is 52.5 cm³/mol. The van der Waals surface area contributed by atoms with Crippen molar-refractivity contribution in [1.29, 1.82) is 0 Å². The summed E-state index contributed by atoms with van der Waals surface area (Å²) in [6, 6.07) is 0. The van der Waals surface area contributed by atoms with Crippen molar-refractivity contribution in [2.45, 2.75) is 38.1 Å². The van der Waals surface area contributed by atoms with Gasteiger partial charge in [-0.2, -0.15) is 0 Å². The number of rotatable bonds is 1. The second-order valence-electron chi connectivity index (χ2n) is 3.30. The molecule has 2 nitrogen and oxygen atoms in total. The first-order chi connectivity index (χ1) is 5.83. The molecule has 12 heavy (non-hydrogen) atoms. The van der Waals surface area contributed by atoms with E-state index in [9.17, 15) is 0 Å². The zero-order valence-corrected chi connectivity index (χ0v) is 8.89. The first-order valence-electron chi connectivity index (χ1n) is 4.44. The molecule has 2 heterocycles. The maximum absolute atomic E-state index is 4.55. The van der Waals surface area contributed by atoms with Crippen LogP contribution in [0.5, 0.6) is 0 Å². The summed E-state index contributed by atoms with van der Waals surface area (Å²) in [6.45, 7) is 3.26. The van der Waals surface area contributed by atoms with Gasteiger partial charge >= 0.3 is 0 Å². The van der Waals surface area contributed by atoms with E-state index in [-0.39, 0.29) is 0 Å². The summed E-state index contributed by atoms with van der Waals surface area (Å²) in [4.78, 5) is 4.55.